The summed E-state index contributed by atoms with van der Waals surface area (Å²) in [6, 6.07) is 11.0. The van der Waals surface area contributed by atoms with Gasteiger partial charge in [-0.1, -0.05) is 18.2 Å². The van der Waals surface area contributed by atoms with Crippen molar-refractivity contribution in [3.63, 3.8) is 0 Å². The number of aromatic hydroxyl groups is 1. The van der Waals surface area contributed by atoms with Crippen molar-refractivity contribution in [2.24, 2.45) is 0 Å². The van der Waals surface area contributed by atoms with E-state index in [1.54, 1.807) is 49.6 Å². The molecule has 0 unspecified atom stereocenters. The molecular weight excluding hydrogens is 397 g/mol. The Labute approximate surface area is 170 Å². The van der Waals surface area contributed by atoms with Crippen LogP contribution in [0.5, 0.6) is 5.75 Å². The summed E-state index contributed by atoms with van der Waals surface area (Å²) in [6.07, 6.45) is 4.65. The van der Waals surface area contributed by atoms with Crippen LogP contribution in [0.4, 0.5) is 4.39 Å². The van der Waals surface area contributed by atoms with Gasteiger partial charge in [-0.05, 0) is 36.8 Å². The molecule has 148 valence electrons. The molecule has 0 saturated carbocycles. The van der Waals surface area contributed by atoms with Gasteiger partial charge in [-0.25, -0.2) is 4.39 Å². The Balaban J connectivity index is 0.00000240. The molecular formula is C21H17ClFN3O3. The summed E-state index contributed by atoms with van der Waals surface area (Å²) in [5.41, 5.74) is 0.481. The first-order chi connectivity index (χ1) is 13.5. The van der Waals surface area contributed by atoms with E-state index in [-0.39, 0.29) is 30.0 Å². The van der Waals surface area contributed by atoms with E-state index >= 15 is 0 Å². The molecule has 0 radical (unpaired) electrons. The van der Waals surface area contributed by atoms with Gasteiger partial charge >= 0.3 is 0 Å². The lowest BCUT2D eigenvalue weighted by molar-refractivity contribution is 0.472. The lowest BCUT2D eigenvalue weighted by Gasteiger charge is -2.14. The lowest BCUT2D eigenvalue weighted by atomic mass is 10.1. The van der Waals surface area contributed by atoms with Crippen LogP contribution in [0, 0.1) is 12.7 Å². The first kappa shape index (κ1) is 20.3. The van der Waals surface area contributed by atoms with E-state index < -0.39 is 22.6 Å². The number of pyridine rings is 2. The fourth-order valence-corrected chi connectivity index (χ4v) is 3.22. The number of halogens is 2. The number of fused-ring (bicyclic) bond motifs is 1. The molecule has 0 aliphatic rings. The number of hydrogen-bond donors (Lipinski definition) is 1. The second-order valence-corrected chi connectivity index (χ2v) is 6.49. The second-order valence-electron chi connectivity index (χ2n) is 6.49. The normalized spacial score (nSPS) is 10.7. The summed E-state index contributed by atoms with van der Waals surface area (Å²) in [5.74, 6) is -1.04. The van der Waals surface area contributed by atoms with Gasteiger partial charge in [0.25, 0.3) is 5.56 Å². The molecule has 0 fully saturated rings. The number of aryl methyl sites for hydroxylation is 1. The highest BCUT2D eigenvalue weighted by molar-refractivity contribution is 5.85. The molecule has 0 saturated heterocycles. The van der Waals surface area contributed by atoms with Crippen LogP contribution in [0.1, 0.15) is 11.3 Å². The molecule has 29 heavy (non-hydrogen) atoms. The zero-order valence-electron chi connectivity index (χ0n) is 15.4. The number of benzene rings is 1. The molecule has 0 aliphatic carbocycles. The van der Waals surface area contributed by atoms with E-state index in [0.717, 1.165) is 0 Å². The first-order valence-corrected chi connectivity index (χ1v) is 8.60. The van der Waals surface area contributed by atoms with Crippen LogP contribution >= 0.6 is 12.4 Å². The van der Waals surface area contributed by atoms with Gasteiger partial charge in [-0.2, -0.15) is 0 Å². The topological polar surface area (TPSA) is 76.6 Å². The summed E-state index contributed by atoms with van der Waals surface area (Å²) in [4.78, 5) is 29.7. The van der Waals surface area contributed by atoms with Gasteiger partial charge < -0.3 is 14.1 Å². The molecule has 0 aliphatic heterocycles. The minimum absolute atomic E-state index is 0. The summed E-state index contributed by atoms with van der Waals surface area (Å²) < 4.78 is 16.3. The third kappa shape index (κ3) is 3.64. The summed E-state index contributed by atoms with van der Waals surface area (Å²) in [6.45, 7) is 1.87. The first-order valence-electron chi connectivity index (χ1n) is 8.60. The molecule has 0 atom stereocenters. The van der Waals surface area contributed by atoms with Crippen molar-refractivity contribution in [3.8, 4) is 17.0 Å². The van der Waals surface area contributed by atoms with Crippen molar-refractivity contribution in [1.82, 2.24) is 14.0 Å². The molecule has 4 aromatic rings. The number of hydrogen-bond acceptors (Lipinski definition) is 4. The van der Waals surface area contributed by atoms with E-state index in [2.05, 4.69) is 4.98 Å². The van der Waals surface area contributed by atoms with Crippen molar-refractivity contribution in [1.29, 1.82) is 0 Å². The predicted molar refractivity (Wildman–Crippen MR) is 110 cm³/mol. The zero-order chi connectivity index (χ0) is 19.8. The largest absolute Gasteiger partial charge is 0.503 e. The van der Waals surface area contributed by atoms with Crippen LogP contribution in [0.25, 0.3) is 16.8 Å². The van der Waals surface area contributed by atoms with Gasteiger partial charge in [0, 0.05) is 24.3 Å². The van der Waals surface area contributed by atoms with Gasteiger partial charge in [0.05, 0.1) is 17.8 Å². The molecule has 0 bridgehead atoms. The smallest absolute Gasteiger partial charge is 0.279 e. The maximum absolute atomic E-state index is 13.4. The zero-order valence-corrected chi connectivity index (χ0v) is 16.2. The van der Waals surface area contributed by atoms with E-state index in [0.29, 0.717) is 17.0 Å². The molecule has 1 N–H and O–H groups in total. The number of rotatable bonds is 3. The molecule has 8 heteroatoms. The van der Waals surface area contributed by atoms with Crippen LogP contribution < -0.4 is 11.0 Å². The van der Waals surface area contributed by atoms with Gasteiger partial charge in [0.1, 0.15) is 5.82 Å². The maximum Gasteiger partial charge on any atom is 0.279 e. The monoisotopic (exact) mass is 413 g/mol. The van der Waals surface area contributed by atoms with Crippen molar-refractivity contribution in [2.75, 3.05) is 0 Å². The standard InChI is InChI=1S/C21H16FN3O3.ClH/c1-13-10-24(11-14-5-4-6-15(22)9-14)21(28)18-20(27)19(26)16(12-25(13)18)17-7-2-3-8-23-17;/h2-10,12,27H,11H2,1H3;1H. The highest BCUT2D eigenvalue weighted by Crippen LogP contribution is 2.19. The summed E-state index contributed by atoms with van der Waals surface area (Å²) in [5, 5.41) is 10.5. The SMILES string of the molecule is Cc1cn(Cc2cccc(F)c2)c(=O)c2c(O)c(=O)c(-c3ccccn3)cn12.Cl. The highest BCUT2D eigenvalue weighted by Gasteiger charge is 2.17. The van der Waals surface area contributed by atoms with Gasteiger partial charge in [-0.15, -0.1) is 12.4 Å². The van der Waals surface area contributed by atoms with E-state index in [4.69, 9.17) is 0 Å². The molecule has 1 aromatic carbocycles. The molecule has 6 nitrogen and oxygen atoms in total. The third-order valence-electron chi connectivity index (χ3n) is 4.55. The van der Waals surface area contributed by atoms with Crippen molar-refractivity contribution in [3.05, 3.63) is 98.7 Å². The maximum atomic E-state index is 13.4. The van der Waals surface area contributed by atoms with E-state index in [1.807, 2.05) is 0 Å². The lowest BCUT2D eigenvalue weighted by Crippen LogP contribution is -2.26. The highest BCUT2D eigenvalue weighted by atomic mass is 35.5. The molecule has 0 spiro atoms. The Morgan fingerprint density at radius 3 is 2.59 bits per heavy atom. The minimum Gasteiger partial charge on any atom is -0.503 e. The Hall–Kier alpha value is -3.45. The van der Waals surface area contributed by atoms with Crippen LogP contribution in [-0.4, -0.2) is 19.1 Å². The molecule has 0 amide bonds. The van der Waals surface area contributed by atoms with Crippen molar-refractivity contribution < 1.29 is 9.50 Å². The Bertz CT molecular complexity index is 1320. The van der Waals surface area contributed by atoms with Crippen LogP contribution in [-0.2, 0) is 6.54 Å². The Morgan fingerprint density at radius 1 is 1.10 bits per heavy atom. The second kappa shape index (κ2) is 7.89. The predicted octanol–water partition coefficient (Wildman–Crippen LogP) is 3.15. The summed E-state index contributed by atoms with van der Waals surface area (Å²) >= 11 is 0. The van der Waals surface area contributed by atoms with Crippen LogP contribution in [0.3, 0.4) is 0 Å². The average molecular weight is 414 g/mol. The number of aromatic nitrogens is 3. The quantitative estimate of drug-likeness (QED) is 0.559. The third-order valence-corrected chi connectivity index (χ3v) is 4.55. The fourth-order valence-electron chi connectivity index (χ4n) is 3.22. The summed E-state index contributed by atoms with van der Waals surface area (Å²) in [7, 11) is 0. The van der Waals surface area contributed by atoms with Crippen LogP contribution in [0.2, 0.25) is 0 Å². The number of nitrogens with zero attached hydrogens (tertiary/aromatic N) is 3. The average Bonchev–Trinajstić information content (AvgIpc) is 2.68. The van der Waals surface area contributed by atoms with E-state index in [1.165, 1.54) is 27.3 Å². The van der Waals surface area contributed by atoms with E-state index in [9.17, 15) is 19.1 Å². The minimum atomic E-state index is -0.668. The molecule has 3 heterocycles. The Morgan fingerprint density at radius 2 is 1.90 bits per heavy atom. The van der Waals surface area contributed by atoms with Crippen LogP contribution in [0.15, 0.2) is 70.6 Å². The Kier molecular flexibility index (Phi) is 5.52. The van der Waals surface area contributed by atoms with Gasteiger partial charge in [0.15, 0.2) is 11.3 Å². The van der Waals surface area contributed by atoms with Gasteiger partial charge in [-0.3, -0.25) is 14.6 Å². The molecule has 4 rings (SSSR count). The van der Waals surface area contributed by atoms with Gasteiger partial charge in [0.2, 0.25) is 5.43 Å². The van der Waals surface area contributed by atoms with Crippen molar-refractivity contribution in [2.45, 2.75) is 13.5 Å². The fraction of sp³-hybridized carbons (Fsp3) is 0.0952. The molecule has 3 aromatic heterocycles. The van der Waals surface area contributed by atoms with Crippen molar-refractivity contribution >= 4 is 17.9 Å².